The minimum Gasteiger partial charge on any atom is -1.00 e. The van der Waals surface area contributed by atoms with Gasteiger partial charge in [-0.1, -0.05) is 31.4 Å². The van der Waals surface area contributed by atoms with Gasteiger partial charge in [0.05, 0.1) is 12.2 Å². The van der Waals surface area contributed by atoms with Crippen LogP contribution in [0.1, 0.15) is 43.2 Å². The summed E-state index contributed by atoms with van der Waals surface area (Å²) in [5, 5.41) is 0. The molecule has 1 fully saturated rings. The van der Waals surface area contributed by atoms with Gasteiger partial charge < -0.3 is 63.5 Å². The van der Waals surface area contributed by atoms with Gasteiger partial charge in [0.15, 0.2) is 0 Å². The van der Waals surface area contributed by atoms with E-state index in [2.05, 4.69) is 0 Å². The average Bonchev–Trinajstić information content (AvgIpc) is 2.93. The van der Waals surface area contributed by atoms with E-state index in [9.17, 15) is 13.2 Å². The van der Waals surface area contributed by atoms with Crippen molar-refractivity contribution in [3.63, 3.8) is 0 Å². The Hall–Kier alpha value is 0.458. The van der Waals surface area contributed by atoms with Gasteiger partial charge >= 0.3 is 27.2 Å². The molecular weight excluding hydrogens is 764 g/mol. The van der Waals surface area contributed by atoms with Gasteiger partial charge in [-0.15, -0.1) is 0 Å². The van der Waals surface area contributed by atoms with Crippen molar-refractivity contribution in [2.45, 2.75) is 50.9 Å². The Morgan fingerprint density at radius 1 is 1.00 bits per heavy atom. The zero-order valence-electron chi connectivity index (χ0n) is 15.2. The molecule has 3 rings (SSSR count). The van der Waals surface area contributed by atoms with E-state index in [1.54, 1.807) is 0 Å². The molecule has 2 aliphatic rings. The smallest absolute Gasteiger partial charge is 1.00 e. The Morgan fingerprint density at radius 3 is 1.93 bits per heavy atom. The number of nitrogens with zero attached hydrogens (tertiary/aromatic N) is 2. The number of halogens is 5. The molecule has 1 heterocycles. The van der Waals surface area contributed by atoms with E-state index >= 15 is 0 Å². The molecule has 0 spiro atoms. The molecule has 27 heavy (non-hydrogen) atoms. The van der Waals surface area contributed by atoms with Crippen molar-refractivity contribution in [1.29, 1.82) is 0 Å². The van der Waals surface area contributed by atoms with Gasteiger partial charge in [-0.3, -0.25) is 0 Å². The number of hydrogen-bond donors (Lipinski definition) is 1. The zero-order chi connectivity index (χ0) is 17.6. The molecule has 9 heteroatoms. The van der Waals surface area contributed by atoms with Gasteiger partial charge in [-0.05, 0) is 30.5 Å². The summed E-state index contributed by atoms with van der Waals surface area (Å²) in [6, 6.07) is 5.83. The maximum absolute atomic E-state index is 12.3. The zero-order valence-corrected chi connectivity index (χ0v) is 21.8. The Bertz CT molecular complexity index is 536. The monoisotopic (exact) mass is 790 g/mol. The van der Waals surface area contributed by atoms with Crippen LogP contribution in [0.5, 0.6) is 0 Å². The Kier molecular flexibility index (Phi) is 15.9. The van der Waals surface area contributed by atoms with E-state index in [-0.39, 0.29) is 69.0 Å². The summed E-state index contributed by atoms with van der Waals surface area (Å²) < 4.78 is 37.0. The molecule has 1 aliphatic carbocycles. The second-order valence-corrected chi connectivity index (χ2v) is 6.54. The number of rotatable bonds is 2. The van der Waals surface area contributed by atoms with E-state index in [1.807, 2.05) is 29.2 Å². The first kappa shape index (κ1) is 29.7. The van der Waals surface area contributed by atoms with E-state index in [0.29, 0.717) is 12.6 Å². The van der Waals surface area contributed by atoms with Crippen LogP contribution in [0.3, 0.4) is 0 Å². The molecule has 0 atom stereocenters. The molecule has 1 aromatic rings. The largest absolute Gasteiger partial charge is 2.00 e. The number of benzene rings is 1. The van der Waals surface area contributed by atoms with Crippen molar-refractivity contribution in [1.82, 2.24) is 9.80 Å². The van der Waals surface area contributed by atoms with E-state index < -0.39 is 11.7 Å². The van der Waals surface area contributed by atoms with Crippen LogP contribution in [0, 0.1) is 0 Å². The van der Waals surface area contributed by atoms with Crippen molar-refractivity contribution in [2.24, 2.45) is 5.73 Å². The average molecular weight is 790 g/mol. The van der Waals surface area contributed by atoms with Crippen LogP contribution in [-0.2, 0) is 33.8 Å². The van der Waals surface area contributed by atoms with Crippen LogP contribution >= 0.6 is 0 Å². The normalized spacial score (nSPS) is 16.5. The van der Waals surface area contributed by atoms with Gasteiger partial charge in [0.1, 0.15) is 0 Å². The molecule has 0 saturated heterocycles. The van der Waals surface area contributed by atoms with Crippen molar-refractivity contribution in [3.05, 3.63) is 47.8 Å². The van der Waals surface area contributed by atoms with Crippen LogP contribution in [0.2, 0.25) is 0 Å². The third-order valence-electron chi connectivity index (χ3n) is 4.25. The first-order valence-electron chi connectivity index (χ1n) is 8.39. The van der Waals surface area contributed by atoms with Gasteiger partial charge in [0, 0.05) is 32.0 Å². The van der Waals surface area contributed by atoms with E-state index in [4.69, 9.17) is 5.73 Å². The minimum atomic E-state index is -4.26. The van der Waals surface area contributed by atoms with E-state index in [0.717, 1.165) is 24.4 Å². The summed E-state index contributed by atoms with van der Waals surface area (Å²) in [6.45, 7) is 1.39. The van der Waals surface area contributed by atoms with Crippen molar-refractivity contribution in [2.75, 3.05) is 13.7 Å². The third-order valence-corrected chi connectivity index (χ3v) is 4.25. The fraction of sp³-hybridized carbons (Fsp3) is 0.556. The molecule has 0 aromatic heterocycles. The summed E-state index contributed by atoms with van der Waals surface area (Å²) in [6.07, 6.45) is 6.27. The maximum Gasteiger partial charge on any atom is 2.00 e. The fourth-order valence-corrected chi connectivity index (χ4v) is 2.86. The van der Waals surface area contributed by atoms with Gasteiger partial charge in [-0.2, -0.15) is 13.2 Å². The topological polar surface area (TPSA) is 32.5 Å². The second kappa shape index (κ2) is 14.4. The molecule has 0 amide bonds. The number of hydrogen-bond acceptors (Lipinski definition) is 3. The predicted octanol–water partition coefficient (Wildman–Crippen LogP) is -1.84. The molecule has 1 aliphatic heterocycles. The maximum atomic E-state index is 12.3. The minimum absolute atomic E-state index is 0. The van der Waals surface area contributed by atoms with Crippen molar-refractivity contribution < 1.29 is 82.2 Å². The molecule has 0 bridgehead atoms. The molecule has 1 aromatic carbocycles. The molecule has 0 unspecified atom stereocenters. The van der Waals surface area contributed by atoms with Crippen molar-refractivity contribution >= 4 is 0 Å². The second-order valence-electron chi connectivity index (χ2n) is 6.54. The predicted molar refractivity (Wildman–Crippen MR) is 89.8 cm³/mol. The van der Waals surface area contributed by atoms with Crippen molar-refractivity contribution in [3.8, 4) is 0 Å². The summed E-state index contributed by atoms with van der Waals surface area (Å²) in [7, 11) is 1.95. The summed E-state index contributed by atoms with van der Waals surface area (Å²) in [5.41, 5.74) is 5.91. The van der Waals surface area contributed by atoms with Crippen LogP contribution in [0.25, 0.3) is 0 Å². The molecule has 2 N–H and O–H groups in total. The van der Waals surface area contributed by atoms with Gasteiger partial charge in [0.2, 0.25) is 0 Å². The Balaban J connectivity index is 0. The first-order chi connectivity index (χ1) is 11.3. The standard InChI is InChI=1S/C12H13F3N2.C6H13N.2HI.Pt/c1-16-6-7-17(9-16)8-10-2-4-11(5-3-10)12(13,14)15;7-6-4-2-1-3-5-6;;;/h2-7H,8-9H2,1H3;6H,1-5,7H2;2*1H;/q;;;;+2/p-2. The fourth-order valence-electron chi connectivity index (χ4n) is 2.86. The number of nitrogens with two attached hydrogens (primary N) is 1. The van der Waals surface area contributed by atoms with Gasteiger partial charge in [0.25, 0.3) is 0 Å². The third kappa shape index (κ3) is 11.3. The quantitative estimate of drug-likeness (QED) is 0.359. The Labute approximate surface area is 208 Å². The molecule has 158 valence electrons. The molecule has 3 nitrogen and oxygen atoms in total. The van der Waals surface area contributed by atoms with Crippen LogP contribution in [-0.4, -0.2) is 29.6 Å². The molecule has 0 radical (unpaired) electrons. The van der Waals surface area contributed by atoms with Crippen LogP contribution < -0.4 is 53.7 Å². The number of alkyl halides is 3. The van der Waals surface area contributed by atoms with Crippen LogP contribution in [0.15, 0.2) is 36.7 Å². The summed E-state index contributed by atoms with van der Waals surface area (Å²) >= 11 is 0. The Morgan fingerprint density at radius 2 is 1.56 bits per heavy atom. The van der Waals surface area contributed by atoms with E-state index in [1.165, 1.54) is 44.2 Å². The summed E-state index contributed by atoms with van der Waals surface area (Å²) in [4.78, 5) is 4.03. The summed E-state index contributed by atoms with van der Waals surface area (Å²) in [5.74, 6) is 0. The molecular formula is C18H26F3I2N3Pt. The SMILES string of the molecule is CN1C=CN(Cc2ccc(C(F)(F)F)cc2)C1.NC1CCCCC1.[I-].[I-].[Pt+2]. The van der Waals surface area contributed by atoms with Gasteiger partial charge in [-0.25, -0.2) is 0 Å². The molecule has 1 saturated carbocycles. The van der Waals surface area contributed by atoms with Crippen LogP contribution in [0.4, 0.5) is 13.2 Å². The first-order valence-corrected chi connectivity index (χ1v) is 8.39.